The highest BCUT2D eigenvalue weighted by Crippen LogP contribution is 2.26. The van der Waals surface area contributed by atoms with Crippen molar-refractivity contribution in [2.45, 2.75) is 6.92 Å². The van der Waals surface area contributed by atoms with Gasteiger partial charge in [0.25, 0.3) is 0 Å². The summed E-state index contributed by atoms with van der Waals surface area (Å²) in [7, 11) is 1.65. The van der Waals surface area contributed by atoms with Gasteiger partial charge >= 0.3 is 5.97 Å². The lowest BCUT2D eigenvalue weighted by molar-refractivity contribution is -0.140. The molecule has 0 saturated heterocycles. The van der Waals surface area contributed by atoms with Crippen molar-refractivity contribution < 1.29 is 14.4 Å². The van der Waals surface area contributed by atoms with Crippen LogP contribution in [0.5, 0.6) is 0 Å². The standard InChI is InChI=1S/C19H20N4O3/c1-14(24)26-22-19(13-20)15-3-7-17(8-4-15)23(11-12-25-2)18-9-5-16(21)6-10-18/h3-10H,11-12,21H2,1-2H3/b22-19+. The van der Waals surface area contributed by atoms with Gasteiger partial charge in [0.15, 0.2) is 5.71 Å². The highest BCUT2D eigenvalue weighted by molar-refractivity contribution is 6.11. The molecule has 0 unspecified atom stereocenters. The van der Waals surface area contributed by atoms with Gasteiger partial charge in [-0.05, 0) is 48.5 Å². The average Bonchev–Trinajstić information content (AvgIpc) is 2.64. The average molecular weight is 352 g/mol. The molecular formula is C19H20N4O3. The van der Waals surface area contributed by atoms with Gasteiger partial charge in [0.05, 0.1) is 6.61 Å². The van der Waals surface area contributed by atoms with E-state index in [-0.39, 0.29) is 5.71 Å². The number of hydrogen-bond acceptors (Lipinski definition) is 7. The molecule has 0 aliphatic carbocycles. The maximum Gasteiger partial charge on any atom is 0.332 e. The summed E-state index contributed by atoms with van der Waals surface area (Å²) in [5, 5.41) is 12.7. The van der Waals surface area contributed by atoms with Gasteiger partial charge in [0.1, 0.15) is 6.07 Å². The van der Waals surface area contributed by atoms with E-state index in [1.54, 1.807) is 19.2 Å². The number of methoxy groups -OCH3 is 1. The summed E-state index contributed by atoms with van der Waals surface area (Å²) < 4.78 is 5.20. The maximum atomic E-state index is 10.9. The molecule has 0 atom stereocenters. The minimum Gasteiger partial charge on any atom is -0.399 e. The second kappa shape index (κ2) is 9.20. The van der Waals surface area contributed by atoms with Crippen LogP contribution in [0.3, 0.4) is 0 Å². The van der Waals surface area contributed by atoms with Gasteiger partial charge in [-0.25, -0.2) is 4.79 Å². The van der Waals surface area contributed by atoms with Crippen LogP contribution in [0.1, 0.15) is 12.5 Å². The van der Waals surface area contributed by atoms with E-state index in [4.69, 9.17) is 10.5 Å². The minimum atomic E-state index is -0.580. The van der Waals surface area contributed by atoms with Crippen molar-refractivity contribution in [3.63, 3.8) is 0 Å². The van der Waals surface area contributed by atoms with E-state index in [1.807, 2.05) is 42.5 Å². The zero-order valence-corrected chi connectivity index (χ0v) is 14.7. The number of carbonyl (C=O) groups excluding carboxylic acids is 1. The monoisotopic (exact) mass is 352 g/mol. The SMILES string of the molecule is COCCN(c1ccc(N)cc1)c1ccc(/C(C#N)=N/OC(C)=O)cc1. The Balaban J connectivity index is 2.29. The molecule has 0 aliphatic rings. The Morgan fingerprint density at radius 3 is 2.23 bits per heavy atom. The van der Waals surface area contributed by atoms with Crippen molar-refractivity contribution in [3.8, 4) is 6.07 Å². The molecule has 2 aromatic carbocycles. The predicted octanol–water partition coefficient (Wildman–Crippen LogP) is 2.84. The largest absolute Gasteiger partial charge is 0.399 e. The summed E-state index contributed by atoms with van der Waals surface area (Å²) in [6, 6.07) is 16.7. The Labute approximate surface area is 152 Å². The first-order chi connectivity index (χ1) is 12.5. The van der Waals surface area contributed by atoms with Crippen LogP contribution in [0, 0.1) is 11.3 Å². The van der Waals surface area contributed by atoms with Gasteiger partial charge in [0.2, 0.25) is 0 Å². The first-order valence-electron chi connectivity index (χ1n) is 7.93. The van der Waals surface area contributed by atoms with Gasteiger partial charge in [-0.2, -0.15) is 5.26 Å². The molecule has 0 fully saturated rings. The van der Waals surface area contributed by atoms with Crippen molar-refractivity contribution in [2.75, 3.05) is 30.9 Å². The Morgan fingerprint density at radius 1 is 1.15 bits per heavy atom. The number of oxime groups is 1. The molecule has 2 rings (SSSR count). The van der Waals surface area contributed by atoms with Gasteiger partial charge in [-0.15, -0.1) is 0 Å². The van der Waals surface area contributed by atoms with Crippen LogP contribution in [0.4, 0.5) is 17.1 Å². The van der Waals surface area contributed by atoms with E-state index in [1.165, 1.54) is 6.92 Å². The Hall–Kier alpha value is -3.37. The van der Waals surface area contributed by atoms with Crippen molar-refractivity contribution in [1.82, 2.24) is 0 Å². The number of nitrogens with zero attached hydrogens (tertiary/aromatic N) is 3. The second-order valence-electron chi connectivity index (χ2n) is 5.42. The number of anilines is 3. The third-order valence-corrected chi connectivity index (χ3v) is 3.55. The molecule has 134 valence electrons. The quantitative estimate of drug-likeness (QED) is 0.356. The van der Waals surface area contributed by atoms with Crippen LogP contribution in [0.25, 0.3) is 0 Å². The molecule has 0 aromatic heterocycles. The lowest BCUT2D eigenvalue weighted by Gasteiger charge is -2.25. The predicted molar refractivity (Wildman–Crippen MR) is 100 cm³/mol. The Kier molecular flexibility index (Phi) is 6.71. The van der Waals surface area contributed by atoms with E-state index in [2.05, 4.69) is 14.9 Å². The number of benzene rings is 2. The summed E-state index contributed by atoms with van der Waals surface area (Å²) in [4.78, 5) is 17.5. The molecule has 7 nitrogen and oxygen atoms in total. The molecule has 2 N–H and O–H groups in total. The lowest BCUT2D eigenvalue weighted by atomic mass is 10.1. The molecule has 0 amide bonds. The first-order valence-corrected chi connectivity index (χ1v) is 7.93. The minimum absolute atomic E-state index is 0.0303. The number of rotatable bonds is 7. The maximum absolute atomic E-state index is 10.9. The van der Waals surface area contributed by atoms with Gasteiger partial charge in [-0.3, -0.25) is 0 Å². The molecular weight excluding hydrogens is 332 g/mol. The van der Waals surface area contributed by atoms with E-state index in [0.29, 0.717) is 24.4 Å². The van der Waals surface area contributed by atoms with Crippen LogP contribution < -0.4 is 10.6 Å². The highest BCUT2D eigenvalue weighted by atomic mass is 16.7. The molecule has 0 spiro atoms. The van der Waals surface area contributed by atoms with Crippen LogP contribution in [-0.2, 0) is 14.4 Å². The zero-order chi connectivity index (χ0) is 18.9. The van der Waals surface area contributed by atoms with Crippen LogP contribution >= 0.6 is 0 Å². The molecule has 0 heterocycles. The Morgan fingerprint density at radius 2 is 1.73 bits per heavy atom. The summed E-state index contributed by atoms with van der Waals surface area (Å²) in [6.45, 7) is 2.41. The number of nitriles is 1. The fourth-order valence-corrected chi connectivity index (χ4v) is 2.29. The van der Waals surface area contributed by atoms with E-state index in [9.17, 15) is 10.1 Å². The Bertz CT molecular complexity index is 808. The number of carbonyl (C=O) groups is 1. The number of nitrogen functional groups attached to an aromatic ring is 1. The smallest absolute Gasteiger partial charge is 0.332 e. The fraction of sp³-hybridized carbons (Fsp3) is 0.211. The van der Waals surface area contributed by atoms with E-state index < -0.39 is 5.97 Å². The van der Waals surface area contributed by atoms with Gasteiger partial charge in [-0.1, -0.05) is 5.16 Å². The summed E-state index contributed by atoms with van der Waals surface area (Å²) in [6.07, 6.45) is 0. The number of hydrogen-bond donors (Lipinski definition) is 1. The molecule has 7 heteroatoms. The van der Waals surface area contributed by atoms with E-state index >= 15 is 0 Å². The third-order valence-electron chi connectivity index (χ3n) is 3.55. The van der Waals surface area contributed by atoms with E-state index in [0.717, 1.165) is 11.4 Å². The summed E-state index contributed by atoms with van der Waals surface area (Å²) in [5.74, 6) is -0.580. The molecule has 0 saturated carbocycles. The lowest BCUT2D eigenvalue weighted by Crippen LogP contribution is -2.22. The van der Waals surface area contributed by atoms with Crippen molar-refractivity contribution in [3.05, 3.63) is 54.1 Å². The molecule has 2 aromatic rings. The van der Waals surface area contributed by atoms with Gasteiger partial charge in [0, 0.05) is 43.2 Å². The molecule has 0 aliphatic heterocycles. The number of ether oxygens (including phenoxy) is 1. The zero-order valence-electron chi connectivity index (χ0n) is 14.7. The summed E-state index contributed by atoms with van der Waals surface area (Å²) >= 11 is 0. The molecule has 0 bridgehead atoms. The van der Waals surface area contributed by atoms with Crippen molar-refractivity contribution in [1.29, 1.82) is 5.26 Å². The van der Waals surface area contributed by atoms with Crippen molar-refractivity contribution in [2.24, 2.45) is 5.16 Å². The second-order valence-corrected chi connectivity index (χ2v) is 5.42. The molecule has 26 heavy (non-hydrogen) atoms. The van der Waals surface area contributed by atoms with Crippen LogP contribution in [0.15, 0.2) is 53.7 Å². The van der Waals surface area contributed by atoms with Crippen molar-refractivity contribution >= 4 is 28.7 Å². The normalized spacial score (nSPS) is 10.9. The summed E-state index contributed by atoms with van der Waals surface area (Å²) in [5.41, 5.74) is 8.93. The topological polar surface area (TPSA) is 101 Å². The van der Waals surface area contributed by atoms with Gasteiger partial charge < -0.3 is 20.2 Å². The fourth-order valence-electron chi connectivity index (χ4n) is 2.29. The highest BCUT2D eigenvalue weighted by Gasteiger charge is 2.11. The third kappa shape index (κ3) is 5.06. The van der Waals surface area contributed by atoms with Crippen LogP contribution in [0.2, 0.25) is 0 Å². The van der Waals surface area contributed by atoms with Crippen LogP contribution in [-0.4, -0.2) is 31.9 Å². The number of nitrogens with two attached hydrogens (primary N) is 1. The molecule has 0 radical (unpaired) electrons. The first kappa shape index (κ1) is 19.0.